The number of rotatable bonds is 4. The van der Waals surface area contributed by atoms with Crippen LogP contribution in [0, 0.1) is 0 Å². The summed E-state index contributed by atoms with van der Waals surface area (Å²) in [6.07, 6.45) is 1.01. The average Bonchev–Trinajstić information content (AvgIpc) is 2.75. The minimum Gasteiger partial charge on any atom is -0.459 e. The summed E-state index contributed by atoms with van der Waals surface area (Å²) >= 11 is 0. The summed E-state index contributed by atoms with van der Waals surface area (Å²) in [4.78, 5) is 0. The monoisotopic (exact) mass is 275 g/mol. The molecule has 0 aliphatic rings. The Balaban J connectivity index is 2.80. The van der Waals surface area contributed by atoms with Crippen LogP contribution < -0.4 is 5.73 Å². The maximum atomic E-state index is 6.05. The van der Waals surface area contributed by atoms with Crippen LogP contribution in [0.5, 0.6) is 0 Å². The maximum Gasteiger partial charge on any atom is 0.138 e. The van der Waals surface area contributed by atoms with Gasteiger partial charge in [-0.2, -0.15) is 0 Å². The van der Waals surface area contributed by atoms with E-state index in [2.05, 4.69) is 39.8 Å². The van der Waals surface area contributed by atoms with Crippen LogP contribution in [-0.4, -0.2) is 7.11 Å². The largest absolute Gasteiger partial charge is 0.459 e. The van der Waals surface area contributed by atoms with Crippen LogP contribution in [0.1, 0.15) is 50.1 Å². The van der Waals surface area contributed by atoms with Crippen LogP contribution in [0.25, 0.3) is 11.0 Å². The van der Waals surface area contributed by atoms with E-state index in [-0.39, 0.29) is 5.41 Å². The Labute approximate surface area is 121 Å². The number of nitrogens with two attached hydrogens (primary N) is 1. The number of fused-ring (bicyclic) bond motifs is 1. The van der Waals surface area contributed by atoms with Crippen LogP contribution in [0.3, 0.4) is 0 Å². The zero-order valence-corrected chi connectivity index (χ0v) is 13.2. The SMILES string of the molecule is CCc1cc(C(C)(C)C)c2oc(CN)c(COC)c2c1. The first-order valence-electron chi connectivity index (χ1n) is 7.19. The molecule has 0 saturated carbocycles. The molecule has 110 valence electrons. The van der Waals surface area contributed by atoms with Gasteiger partial charge in [0.25, 0.3) is 0 Å². The van der Waals surface area contributed by atoms with Crippen LogP contribution in [0.2, 0.25) is 0 Å². The lowest BCUT2D eigenvalue weighted by molar-refractivity contribution is 0.184. The second kappa shape index (κ2) is 5.58. The quantitative estimate of drug-likeness (QED) is 0.920. The molecule has 1 aromatic carbocycles. The van der Waals surface area contributed by atoms with Crippen LogP contribution >= 0.6 is 0 Å². The lowest BCUT2D eigenvalue weighted by atomic mass is 9.84. The number of furan rings is 1. The molecular weight excluding hydrogens is 250 g/mol. The molecule has 1 aromatic heterocycles. The Bertz CT molecular complexity index is 605. The summed E-state index contributed by atoms with van der Waals surface area (Å²) in [7, 11) is 1.70. The Morgan fingerprint density at radius 3 is 2.45 bits per heavy atom. The molecular formula is C17H25NO2. The summed E-state index contributed by atoms with van der Waals surface area (Å²) in [5.41, 5.74) is 10.5. The molecule has 2 aromatic rings. The molecule has 20 heavy (non-hydrogen) atoms. The molecule has 0 saturated heterocycles. The van der Waals surface area contributed by atoms with Crippen LogP contribution in [0.15, 0.2) is 16.5 Å². The molecule has 0 fully saturated rings. The highest BCUT2D eigenvalue weighted by atomic mass is 16.5. The van der Waals surface area contributed by atoms with Crippen molar-refractivity contribution in [3.05, 3.63) is 34.6 Å². The van der Waals surface area contributed by atoms with Gasteiger partial charge < -0.3 is 14.9 Å². The van der Waals surface area contributed by atoms with Gasteiger partial charge in [0.05, 0.1) is 13.2 Å². The average molecular weight is 275 g/mol. The molecule has 0 spiro atoms. The first kappa shape index (κ1) is 15.1. The fourth-order valence-electron chi connectivity index (χ4n) is 2.59. The van der Waals surface area contributed by atoms with E-state index < -0.39 is 0 Å². The molecule has 0 atom stereocenters. The predicted octanol–water partition coefficient (Wildman–Crippen LogP) is 3.90. The van der Waals surface area contributed by atoms with Crippen molar-refractivity contribution in [1.82, 2.24) is 0 Å². The van der Waals surface area contributed by atoms with Crippen molar-refractivity contribution in [3.8, 4) is 0 Å². The molecule has 0 aliphatic heterocycles. The van der Waals surface area contributed by atoms with E-state index in [0.29, 0.717) is 13.2 Å². The highest BCUT2D eigenvalue weighted by molar-refractivity contribution is 5.86. The van der Waals surface area contributed by atoms with E-state index >= 15 is 0 Å². The van der Waals surface area contributed by atoms with Gasteiger partial charge in [0, 0.05) is 23.6 Å². The highest BCUT2D eigenvalue weighted by Gasteiger charge is 2.23. The van der Waals surface area contributed by atoms with Gasteiger partial charge in [-0.1, -0.05) is 33.8 Å². The van der Waals surface area contributed by atoms with E-state index in [1.807, 2.05) is 0 Å². The van der Waals surface area contributed by atoms with E-state index in [1.165, 1.54) is 11.1 Å². The van der Waals surface area contributed by atoms with Gasteiger partial charge in [0.15, 0.2) is 0 Å². The van der Waals surface area contributed by atoms with E-state index in [9.17, 15) is 0 Å². The maximum absolute atomic E-state index is 6.05. The van der Waals surface area contributed by atoms with Gasteiger partial charge in [-0.05, 0) is 23.5 Å². The van der Waals surface area contributed by atoms with Gasteiger partial charge in [-0.25, -0.2) is 0 Å². The Morgan fingerprint density at radius 1 is 1.25 bits per heavy atom. The van der Waals surface area contributed by atoms with Crippen molar-refractivity contribution in [2.45, 2.75) is 52.7 Å². The molecule has 0 amide bonds. The van der Waals surface area contributed by atoms with Gasteiger partial charge >= 0.3 is 0 Å². The minimum absolute atomic E-state index is 0.0392. The summed E-state index contributed by atoms with van der Waals surface area (Å²) in [6, 6.07) is 4.46. The number of methoxy groups -OCH3 is 1. The number of hydrogen-bond donors (Lipinski definition) is 1. The van der Waals surface area contributed by atoms with Crippen molar-refractivity contribution >= 4 is 11.0 Å². The van der Waals surface area contributed by atoms with Gasteiger partial charge in [0.2, 0.25) is 0 Å². The molecule has 2 rings (SSSR count). The smallest absolute Gasteiger partial charge is 0.138 e. The third-order valence-electron chi connectivity index (χ3n) is 3.73. The van der Waals surface area contributed by atoms with E-state index in [4.69, 9.17) is 14.9 Å². The first-order chi connectivity index (χ1) is 9.42. The summed E-state index contributed by atoms with van der Waals surface area (Å²) < 4.78 is 11.4. The minimum atomic E-state index is 0.0392. The normalized spacial score (nSPS) is 12.3. The van der Waals surface area contributed by atoms with Crippen molar-refractivity contribution < 1.29 is 9.15 Å². The van der Waals surface area contributed by atoms with Gasteiger partial charge in [-0.15, -0.1) is 0 Å². The van der Waals surface area contributed by atoms with Crippen molar-refractivity contribution in [2.24, 2.45) is 5.73 Å². The molecule has 0 bridgehead atoms. The molecule has 0 unspecified atom stereocenters. The lowest BCUT2D eigenvalue weighted by Gasteiger charge is -2.20. The van der Waals surface area contributed by atoms with Crippen molar-refractivity contribution in [1.29, 1.82) is 0 Å². The van der Waals surface area contributed by atoms with Crippen molar-refractivity contribution in [3.63, 3.8) is 0 Å². The molecule has 1 heterocycles. The summed E-state index contributed by atoms with van der Waals surface area (Å²) in [5, 5.41) is 1.15. The van der Waals surface area contributed by atoms with E-state index in [0.717, 1.165) is 28.7 Å². The Kier molecular flexibility index (Phi) is 4.21. The second-order valence-electron chi connectivity index (χ2n) is 6.26. The number of aryl methyl sites for hydroxylation is 1. The lowest BCUT2D eigenvalue weighted by Crippen LogP contribution is -2.12. The predicted molar refractivity (Wildman–Crippen MR) is 82.9 cm³/mol. The standard InChI is InChI=1S/C17H25NO2/c1-6-11-7-12-13(10-19-5)15(9-18)20-16(12)14(8-11)17(2,3)4/h7-8H,6,9-10,18H2,1-5H3. The number of hydrogen-bond acceptors (Lipinski definition) is 3. The zero-order chi connectivity index (χ0) is 14.9. The fourth-order valence-corrected chi connectivity index (χ4v) is 2.59. The molecule has 3 nitrogen and oxygen atoms in total. The highest BCUT2D eigenvalue weighted by Crippen LogP contribution is 2.36. The zero-order valence-electron chi connectivity index (χ0n) is 13.2. The molecule has 2 N–H and O–H groups in total. The number of ether oxygens (including phenoxy) is 1. The summed E-state index contributed by atoms with van der Waals surface area (Å²) in [6.45, 7) is 9.74. The fraction of sp³-hybridized carbons (Fsp3) is 0.529. The second-order valence-corrected chi connectivity index (χ2v) is 6.26. The third-order valence-corrected chi connectivity index (χ3v) is 3.73. The first-order valence-corrected chi connectivity index (χ1v) is 7.19. The summed E-state index contributed by atoms with van der Waals surface area (Å²) in [5.74, 6) is 0.834. The van der Waals surface area contributed by atoms with Crippen molar-refractivity contribution in [2.75, 3.05) is 7.11 Å². The van der Waals surface area contributed by atoms with Crippen LogP contribution in [-0.2, 0) is 29.7 Å². The topological polar surface area (TPSA) is 48.4 Å². The Morgan fingerprint density at radius 2 is 1.95 bits per heavy atom. The molecule has 3 heteroatoms. The van der Waals surface area contributed by atoms with E-state index in [1.54, 1.807) is 7.11 Å². The number of benzene rings is 1. The van der Waals surface area contributed by atoms with Gasteiger partial charge in [-0.3, -0.25) is 0 Å². The molecule has 0 aliphatic carbocycles. The third kappa shape index (κ3) is 2.60. The molecule has 0 radical (unpaired) electrons. The Hall–Kier alpha value is -1.32. The van der Waals surface area contributed by atoms with Crippen LogP contribution in [0.4, 0.5) is 0 Å². The van der Waals surface area contributed by atoms with Gasteiger partial charge in [0.1, 0.15) is 11.3 Å².